The van der Waals surface area contributed by atoms with E-state index in [4.69, 9.17) is 0 Å². The molecule has 1 aromatic carbocycles. The zero-order valence-corrected chi connectivity index (χ0v) is 13.2. The molecule has 2 aromatic rings. The Hall–Kier alpha value is -2.58. The number of halogens is 3. The van der Waals surface area contributed by atoms with Crippen LogP contribution in [0.15, 0.2) is 18.2 Å². The molecule has 0 atom stereocenters. The van der Waals surface area contributed by atoms with Crippen molar-refractivity contribution in [1.82, 2.24) is 10.2 Å². The number of anilines is 2. The Morgan fingerprint density at radius 3 is 2.75 bits per heavy atom. The highest BCUT2D eigenvalue weighted by Gasteiger charge is 2.34. The maximum absolute atomic E-state index is 12.6. The van der Waals surface area contributed by atoms with Crippen molar-refractivity contribution in [1.29, 1.82) is 0 Å². The molecule has 130 valence electrons. The molecule has 0 amide bonds. The highest BCUT2D eigenvalue weighted by atomic mass is 19.4. The molecule has 6 nitrogen and oxygen atoms in total. The second-order valence-electron chi connectivity index (χ2n) is 5.77. The number of benzene rings is 1. The highest BCUT2D eigenvalue weighted by Crippen LogP contribution is 2.38. The van der Waals surface area contributed by atoms with Crippen LogP contribution in [0.4, 0.5) is 24.7 Å². The zero-order valence-electron chi connectivity index (χ0n) is 13.2. The van der Waals surface area contributed by atoms with E-state index in [1.165, 1.54) is 12.1 Å². The lowest BCUT2D eigenvalue weighted by molar-refractivity contribution is -0.274. The number of aromatic amines is 1. The summed E-state index contributed by atoms with van der Waals surface area (Å²) < 4.78 is 41.9. The lowest BCUT2D eigenvalue weighted by atomic mass is 10.1. The second kappa shape index (κ2) is 5.81. The average molecular weight is 342 g/mol. The number of phenolic OH excluding ortho intramolecular Hbond substituents is 1. The molecule has 1 aliphatic rings. The predicted octanol–water partition coefficient (Wildman–Crippen LogP) is 2.64. The molecule has 1 aromatic heterocycles. The van der Waals surface area contributed by atoms with Crippen molar-refractivity contribution in [3.8, 4) is 11.5 Å². The molecule has 0 radical (unpaired) electrons. The third-order valence-electron chi connectivity index (χ3n) is 3.85. The molecule has 0 saturated heterocycles. The number of hydrogen-bond acceptors (Lipinski definition) is 5. The van der Waals surface area contributed by atoms with E-state index in [2.05, 4.69) is 14.9 Å². The molecule has 0 saturated carbocycles. The van der Waals surface area contributed by atoms with Crippen molar-refractivity contribution < 1.29 is 23.0 Å². The molecule has 0 spiro atoms. The fourth-order valence-electron chi connectivity index (χ4n) is 2.85. The first-order valence-electron chi connectivity index (χ1n) is 7.32. The first kappa shape index (κ1) is 16.3. The van der Waals surface area contributed by atoms with Crippen LogP contribution < -0.4 is 14.5 Å². The van der Waals surface area contributed by atoms with Crippen LogP contribution >= 0.6 is 0 Å². The number of ether oxygens (including phenoxy) is 1. The van der Waals surface area contributed by atoms with E-state index in [0.29, 0.717) is 19.5 Å². The van der Waals surface area contributed by atoms with Gasteiger partial charge in [-0.05, 0) is 18.6 Å². The fraction of sp³-hybridized carbons (Fsp3) is 0.400. The van der Waals surface area contributed by atoms with Gasteiger partial charge < -0.3 is 19.6 Å². The smallest absolute Gasteiger partial charge is 0.508 e. The molecule has 0 aliphatic carbocycles. The predicted molar refractivity (Wildman–Crippen MR) is 82.5 cm³/mol. The van der Waals surface area contributed by atoms with Gasteiger partial charge in [-0.2, -0.15) is 5.10 Å². The van der Waals surface area contributed by atoms with Crippen LogP contribution in [0.3, 0.4) is 0 Å². The Balaban J connectivity index is 1.90. The Bertz CT molecular complexity index is 743. The molecule has 0 unspecified atom stereocenters. The van der Waals surface area contributed by atoms with Gasteiger partial charge in [-0.25, -0.2) is 0 Å². The van der Waals surface area contributed by atoms with E-state index in [0.717, 1.165) is 23.1 Å². The summed E-state index contributed by atoms with van der Waals surface area (Å²) in [5.41, 5.74) is 2.20. The summed E-state index contributed by atoms with van der Waals surface area (Å²) >= 11 is 0. The van der Waals surface area contributed by atoms with Gasteiger partial charge in [-0.15, -0.1) is 13.2 Å². The van der Waals surface area contributed by atoms with Gasteiger partial charge in [-0.1, -0.05) is 0 Å². The van der Waals surface area contributed by atoms with Crippen molar-refractivity contribution in [3.63, 3.8) is 0 Å². The van der Waals surface area contributed by atoms with Gasteiger partial charge in [0, 0.05) is 32.3 Å². The minimum Gasteiger partial charge on any atom is -0.508 e. The van der Waals surface area contributed by atoms with E-state index in [1.54, 1.807) is 4.90 Å². The van der Waals surface area contributed by atoms with Gasteiger partial charge in [-0.3, -0.25) is 5.10 Å². The number of nitrogens with zero attached hydrogens (tertiary/aromatic N) is 3. The summed E-state index contributed by atoms with van der Waals surface area (Å²) in [5, 5.41) is 16.7. The first-order valence-corrected chi connectivity index (χ1v) is 7.32. The van der Waals surface area contributed by atoms with Crippen LogP contribution in [0.25, 0.3) is 0 Å². The fourth-order valence-corrected chi connectivity index (χ4v) is 2.85. The van der Waals surface area contributed by atoms with Crippen LogP contribution in [0.2, 0.25) is 0 Å². The van der Waals surface area contributed by atoms with Crippen molar-refractivity contribution in [2.24, 2.45) is 0 Å². The maximum Gasteiger partial charge on any atom is 0.573 e. The molecular formula is C15H17F3N4O2. The number of rotatable bonds is 3. The van der Waals surface area contributed by atoms with Crippen LogP contribution in [0.1, 0.15) is 11.3 Å². The maximum atomic E-state index is 12.6. The van der Waals surface area contributed by atoms with Crippen molar-refractivity contribution in [2.45, 2.75) is 19.3 Å². The lowest BCUT2D eigenvalue weighted by Crippen LogP contribution is -2.31. The highest BCUT2D eigenvalue weighted by molar-refractivity contribution is 5.63. The number of aromatic nitrogens is 2. The quantitative estimate of drug-likeness (QED) is 0.898. The number of alkyl halides is 3. The molecule has 24 heavy (non-hydrogen) atoms. The Kier molecular flexibility index (Phi) is 3.94. The largest absolute Gasteiger partial charge is 0.573 e. The van der Waals surface area contributed by atoms with Gasteiger partial charge >= 0.3 is 6.36 Å². The van der Waals surface area contributed by atoms with Crippen molar-refractivity contribution in [3.05, 3.63) is 29.5 Å². The summed E-state index contributed by atoms with van der Waals surface area (Å²) in [7, 11) is 3.77. The molecule has 0 fully saturated rings. The van der Waals surface area contributed by atoms with Gasteiger partial charge in [0.15, 0.2) is 11.6 Å². The Morgan fingerprint density at radius 1 is 1.33 bits per heavy atom. The van der Waals surface area contributed by atoms with Crippen LogP contribution in [-0.4, -0.2) is 42.3 Å². The minimum absolute atomic E-state index is 0.275. The Morgan fingerprint density at radius 2 is 2.08 bits per heavy atom. The molecule has 2 heterocycles. The normalized spacial score (nSPS) is 14.5. The second-order valence-corrected chi connectivity index (χ2v) is 5.77. The summed E-state index contributed by atoms with van der Waals surface area (Å²) in [6.07, 6.45) is -4.18. The van der Waals surface area contributed by atoms with E-state index in [9.17, 15) is 18.3 Å². The van der Waals surface area contributed by atoms with Crippen molar-refractivity contribution in [2.75, 3.05) is 30.4 Å². The van der Waals surface area contributed by atoms with Gasteiger partial charge in [0.05, 0.1) is 17.9 Å². The molecule has 2 N–H and O–H groups in total. The number of fused-ring (bicyclic) bond motifs is 1. The van der Waals surface area contributed by atoms with Crippen molar-refractivity contribution >= 4 is 11.5 Å². The first-order chi connectivity index (χ1) is 11.2. The third kappa shape index (κ3) is 3.19. The summed E-state index contributed by atoms with van der Waals surface area (Å²) in [6, 6.07) is 3.73. The molecular weight excluding hydrogens is 325 g/mol. The number of nitrogens with one attached hydrogen (secondary N) is 1. The molecule has 0 bridgehead atoms. The SMILES string of the molecule is CN(C)c1n[nH]c2c1CCN(c1ccc(O)cc1OC(F)(F)F)C2. The minimum atomic E-state index is -4.82. The summed E-state index contributed by atoms with van der Waals surface area (Å²) in [6.45, 7) is 0.904. The van der Waals surface area contributed by atoms with Gasteiger partial charge in [0.1, 0.15) is 5.75 Å². The number of aromatic hydroxyl groups is 1. The molecule has 3 rings (SSSR count). The number of phenols is 1. The van der Waals surface area contributed by atoms with Crippen LogP contribution in [0, 0.1) is 0 Å². The van der Waals surface area contributed by atoms with Gasteiger partial charge in [0.2, 0.25) is 0 Å². The van der Waals surface area contributed by atoms with E-state index >= 15 is 0 Å². The third-order valence-corrected chi connectivity index (χ3v) is 3.85. The number of hydrogen-bond donors (Lipinski definition) is 2. The van der Waals surface area contributed by atoms with Gasteiger partial charge in [0.25, 0.3) is 0 Å². The average Bonchev–Trinajstić information content (AvgIpc) is 2.88. The van der Waals surface area contributed by atoms with E-state index in [-0.39, 0.29) is 11.4 Å². The van der Waals surface area contributed by atoms with Crippen LogP contribution in [0.5, 0.6) is 11.5 Å². The monoisotopic (exact) mass is 342 g/mol. The lowest BCUT2D eigenvalue weighted by Gasteiger charge is -2.30. The van der Waals surface area contributed by atoms with E-state index < -0.39 is 12.1 Å². The Labute approximate surface area is 136 Å². The van der Waals surface area contributed by atoms with E-state index in [1.807, 2.05) is 19.0 Å². The zero-order chi connectivity index (χ0) is 17.5. The summed E-state index contributed by atoms with van der Waals surface area (Å²) in [5.74, 6) is 0.132. The topological polar surface area (TPSA) is 64.6 Å². The molecule has 9 heteroatoms. The number of H-pyrrole nitrogens is 1. The molecule has 1 aliphatic heterocycles. The standard InChI is InChI=1S/C15H17F3N4O2/c1-21(2)14-10-5-6-22(8-11(10)19-20-14)12-4-3-9(23)7-13(12)24-15(16,17)18/h3-4,7,23H,5-6,8H2,1-2H3,(H,19,20). The summed E-state index contributed by atoms with van der Waals surface area (Å²) in [4.78, 5) is 3.66. The van der Waals surface area contributed by atoms with Crippen LogP contribution in [-0.2, 0) is 13.0 Å².